The number of nitrogens with one attached hydrogen (secondary N) is 1. The van der Waals surface area contributed by atoms with Gasteiger partial charge in [-0.2, -0.15) is 0 Å². The van der Waals surface area contributed by atoms with E-state index in [1.165, 1.54) is 18.2 Å². The van der Waals surface area contributed by atoms with Crippen LogP contribution < -0.4 is 4.72 Å². The molecule has 4 nitrogen and oxygen atoms in total. The molecule has 0 aliphatic heterocycles. The number of pyridine rings is 1. The molecule has 0 unspecified atom stereocenters. The van der Waals surface area contributed by atoms with Crippen molar-refractivity contribution in [3.63, 3.8) is 0 Å². The fraction of sp³-hybridized carbons (Fsp3) is 0.0833. The Hall–Kier alpha value is -1.01. The van der Waals surface area contributed by atoms with Gasteiger partial charge in [-0.25, -0.2) is 13.4 Å². The molecule has 0 radical (unpaired) electrons. The van der Waals surface area contributed by atoms with Crippen molar-refractivity contribution >= 4 is 50.5 Å². The van der Waals surface area contributed by atoms with E-state index >= 15 is 0 Å². The second-order valence-corrected chi connectivity index (χ2v) is 6.77. The van der Waals surface area contributed by atoms with Crippen LogP contribution in [0.5, 0.6) is 0 Å². The van der Waals surface area contributed by atoms with E-state index in [1.54, 1.807) is 19.1 Å². The van der Waals surface area contributed by atoms with Crippen LogP contribution in [0, 0.1) is 6.92 Å². The van der Waals surface area contributed by atoms with Gasteiger partial charge in [0.05, 0.1) is 10.7 Å². The molecule has 0 aliphatic carbocycles. The van der Waals surface area contributed by atoms with Crippen LogP contribution in [0.1, 0.15) is 5.56 Å². The number of aromatic nitrogens is 1. The van der Waals surface area contributed by atoms with Crippen molar-refractivity contribution in [3.05, 3.63) is 51.2 Å². The molecule has 0 saturated heterocycles. The van der Waals surface area contributed by atoms with Crippen LogP contribution in [0.2, 0.25) is 15.3 Å². The molecule has 2 aromatic rings. The van der Waals surface area contributed by atoms with Crippen LogP contribution in [-0.2, 0) is 10.0 Å². The zero-order valence-corrected chi connectivity index (χ0v) is 13.3. The van der Waals surface area contributed by atoms with Crippen molar-refractivity contribution in [1.29, 1.82) is 0 Å². The summed E-state index contributed by atoms with van der Waals surface area (Å²) < 4.78 is 27.0. The number of halogens is 3. The average Bonchev–Trinajstić information content (AvgIpc) is 2.34. The third kappa shape index (κ3) is 3.17. The highest BCUT2D eigenvalue weighted by atomic mass is 35.5. The van der Waals surface area contributed by atoms with E-state index in [1.807, 2.05) is 0 Å². The van der Waals surface area contributed by atoms with Crippen LogP contribution in [0.3, 0.4) is 0 Å². The Balaban J connectivity index is 2.47. The zero-order valence-electron chi connectivity index (χ0n) is 10.2. The SMILES string of the molecule is Cc1cc(Cl)nc(Cl)c1NS(=O)(=O)c1ccccc1Cl. The predicted octanol–water partition coefficient (Wildman–Crippen LogP) is 4.15. The Kier molecular flexibility index (Phi) is 4.44. The molecule has 20 heavy (non-hydrogen) atoms. The lowest BCUT2D eigenvalue weighted by molar-refractivity contribution is 0.601. The monoisotopic (exact) mass is 350 g/mol. The highest BCUT2D eigenvalue weighted by Crippen LogP contribution is 2.30. The highest BCUT2D eigenvalue weighted by molar-refractivity contribution is 7.92. The molecular formula is C12H9Cl3N2O2S. The second kappa shape index (κ2) is 5.77. The zero-order chi connectivity index (χ0) is 14.9. The average molecular weight is 352 g/mol. The second-order valence-electron chi connectivity index (χ2n) is 3.96. The molecule has 1 aromatic heterocycles. The Labute approximate surface area is 131 Å². The topological polar surface area (TPSA) is 59.1 Å². The highest BCUT2D eigenvalue weighted by Gasteiger charge is 2.20. The number of sulfonamides is 1. The molecule has 2 rings (SSSR count). The largest absolute Gasteiger partial charge is 0.276 e. The number of hydrogen-bond donors (Lipinski definition) is 1. The summed E-state index contributed by atoms with van der Waals surface area (Å²) in [7, 11) is -3.85. The number of aryl methyl sites for hydroxylation is 1. The molecular weight excluding hydrogens is 343 g/mol. The molecule has 1 N–H and O–H groups in total. The minimum absolute atomic E-state index is 0.0226. The van der Waals surface area contributed by atoms with Gasteiger partial charge >= 0.3 is 0 Å². The van der Waals surface area contributed by atoms with Gasteiger partial charge in [0, 0.05) is 0 Å². The van der Waals surface area contributed by atoms with Crippen molar-refractivity contribution in [2.75, 3.05) is 4.72 Å². The fourth-order valence-corrected chi connectivity index (χ4v) is 3.86. The first-order valence-corrected chi connectivity index (χ1v) is 8.03. The quantitative estimate of drug-likeness (QED) is 0.845. The summed E-state index contributed by atoms with van der Waals surface area (Å²) in [6, 6.07) is 7.62. The number of nitrogens with zero attached hydrogens (tertiary/aromatic N) is 1. The van der Waals surface area contributed by atoms with E-state index < -0.39 is 10.0 Å². The summed E-state index contributed by atoms with van der Waals surface area (Å²) in [6.45, 7) is 1.67. The maximum atomic E-state index is 12.3. The lowest BCUT2D eigenvalue weighted by Crippen LogP contribution is -2.15. The van der Waals surface area contributed by atoms with Gasteiger partial charge in [0.2, 0.25) is 0 Å². The van der Waals surface area contributed by atoms with Gasteiger partial charge in [-0.3, -0.25) is 4.72 Å². The Morgan fingerprint density at radius 1 is 1.15 bits per heavy atom. The summed E-state index contributed by atoms with van der Waals surface area (Å²) in [6.07, 6.45) is 0. The lowest BCUT2D eigenvalue weighted by Gasteiger charge is -2.12. The van der Waals surface area contributed by atoms with E-state index in [0.29, 0.717) is 5.56 Å². The van der Waals surface area contributed by atoms with E-state index in [2.05, 4.69) is 9.71 Å². The summed E-state index contributed by atoms with van der Waals surface area (Å²) in [4.78, 5) is 3.77. The van der Waals surface area contributed by atoms with Gasteiger partial charge in [0.15, 0.2) is 5.15 Å². The van der Waals surface area contributed by atoms with Crippen molar-refractivity contribution in [3.8, 4) is 0 Å². The van der Waals surface area contributed by atoms with E-state index in [9.17, 15) is 8.42 Å². The number of benzene rings is 1. The van der Waals surface area contributed by atoms with Crippen LogP contribution in [0.4, 0.5) is 5.69 Å². The van der Waals surface area contributed by atoms with Gasteiger partial charge in [-0.05, 0) is 30.7 Å². The lowest BCUT2D eigenvalue weighted by atomic mass is 10.3. The maximum Gasteiger partial charge on any atom is 0.263 e. The van der Waals surface area contributed by atoms with Crippen LogP contribution in [-0.4, -0.2) is 13.4 Å². The number of anilines is 1. The van der Waals surface area contributed by atoms with Gasteiger partial charge in [0.1, 0.15) is 10.0 Å². The third-order valence-electron chi connectivity index (χ3n) is 2.50. The molecule has 0 fully saturated rings. The van der Waals surface area contributed by atoms with Crippen molar-refractivity contribution in [1.82, 2.24) is 4.98 Å². The van der Waals surface area contributed by atoms with E-state index in [4.69, 9.17) is 34.8 Å². The molecule has 0 saturated carbocycles. The predicted molar refractivity (Wildman–Crippen MR) is 81.3 cm³/mol. The standard InChI is InChI=1S/C12H9Cl3N2O2S/c1-7-6-10(14)16-12(15)11(7)17-20(18,19)9-5-3-2-4-8(9)13/h2-6,17H,1H3. The van der Waals surface area contributed by atoms with Gasteiger partial charge < -0.3 is 0 Å². The molecule has 0 bridgehead atoms. The Morgan fingerprint density at radius 2 is 1.80 bits per heavy atom. The first kappa shape index (κ1) is 15.4. The minimum Gasteiger partial charge on any atom is -0.276 e. The smallest absolute Gasteiger partial charge is 0.263 e. The van der Waals surface area contributed by atoms with Crippen LogP contribution in [0.25, 0.3) is 0 Å². The van der Waals surface area contributed by atoms with Gasteiger partial charge in [0.25, 0.3) is 10.0 Å². The number of hydrogen-bond acceptors (Lipinski definition) is 3. The number of rotatable bonds is 3. The van der Waals surface area contributed by atoms with Crippen molar-refractivity contribution in [2.24, 2.45) is 0 Å². The molecule has 1 heterocycles. The molecule has 0 amide bonds. The first-order valence-electron chi connectivity index (χ1n) is 5.41. The maximum absolute atomic E-state index is 12.3. The summed E-state index contributed by atoms with van der Waals surface area (Å²) in [5, 5.41) is 0.287. The van der Waals surface area contributed by atoms with Crippen LogP contribution >= 0.6 is 34.8 Å². The molecule has 0 spiro atoms. The molecule has 0 atom stereocenters. The molecule has 1 aromatic carbocycles. The summed E-state index contributed by atoms with van der Waals surface area (Å²) >= 11 is 17.5. The van der Waals surface area contributed by atoms with Gasteiger partial charge in [-0.15, -0.1) is 0 Å². The minimum atomic E-state index is -3.85. The Morgan fingerprint density at radius 3 is 2.40 bits per heavy atom. The molecule has 106 valence electrons. The van der Waals surface area contributed by atoms with Crippen molar-refractivity contribution in [2.45, 2.75) is 11.8 Å². The fourth-order valence-electron chi connectivity index (χ4n) is 1.57. The van der Waals surface area contributed by atoms with E-state index in [-0.39, 0.29) is 25.9 Å². The normalized spacial score (nSPS) is 11.4. The molecule has 8 heteroatoms. The van der Waals surface area contributed by atoms with Gasteiger partial charge in [-0.1, -0.05) is 46.9 Å². The first-order chi connectivity index (χ1) is 9.31. The molecule has 0 aliphatic rings. The van der Waals surface area contributed by atoms with Crippen LogP contribution in [0.15, 0.2) is 35.2 Å². The third-order valence-corrected chi connectivity index (χ3v) is 4.82. The van der Waals surface area contributed by atoms with Crippen molar-refractivity contribution < 1.29 is 8.42 Å². The Bertz CT molecular complexity index is 740. The van der Waals surface area contributed by atoms with E-state index in [0.717, 1.165) is 0 Å². The summed E-state index contributed by atoms with van der Waals surface area (Å²) in [5.41, 5.74) is 0.738. The summed E-state index contributed by atoms with van der Waals surface area (Å²) in [5.74, 6) is 0.